The van der Waals surface area contributed by atoms with E-state index < -0.39 is 23.7 Å². The predicted octanol–water partition coefficient (Wildman–Crippen LogP) is 2.10. The van der Waals surface area contributed by atoms with Crippen LogP contribution in [0, 0.1) is 6.07 Å². The molecule has 5 nitrogen and oxygen atoms in total. The molecule has 1 amide bonds. The van der Waals surface area contributed by atoms with E-state index in [0.717, 1.165) is 5.56 Å². The number of hydrogen-bond acceptors (Lipinski definition) is 4. The fraction of sp³-hybridized carbons (Fsp3) is 0.467. The number of alkyl carbamates (subject to hydrolysis) is 1. The van der Waals surface area contributed by atoms with E-state index >= 15 is 0 Å². The second-order valence-electron chi connectivity index (χ2n) is 5.33. The van der Waals surface area contributed by atoms with Crippen molar-refractivity contribution in [3.8, 4) is 0 Å². The highest BCUT2D eigenvalue weighted by atomic mass is 16.6. The van der Waals surface area contributed by atoms with Crippen molar-refractivity contribution in [1.82, 2.24) is 5.32 Å². The van der Waals surface area contributed by atoms with Crippen LogP contribution in [0.1, 0.15) is 26.3 Å². The van der Waals surface area contributed by atoms with Crippen molar-refractivity contribution < 1.29 is 19.1 Å². The van der Waals surface area contributed by atoms with Crippen LogP contribution >= 0.6 is 0 Å². The van der Waals surface area contributed by atoms with Crippen LogP contribution in [0.4, 0.5) is 4.79 Å². The Balaban J connectivity index is 2.70. The number of methoxy groups -OCH3 is 1. The average Bonchev–Trinajstić information content (AvgIpc) is 2.36. The van der Waals surface area contributed by atoms with Gasteiger partial charge in [0.2, 0.25) is 0 Å². The number of carbonyl (C=O) groups excluding carboxylic acids is 2. The molecule has 1 aromatic carbocycles. The summed E-state index contributed by atoms with van der Waals surface area (Å²) in [7, 11) is 1.28. The van der Waals surface area contributed by atoms with E-state index in [1.165, 1.54) is 7.11 Å². The Labute approximate surface area is 119 Å². The molecule has 5 heteroatoms. The summed E-state index contributed by atoms with van der Waals surface area (Å²) in [6, 6.07) is 9.26. The molecule has 1 rings (SSSR count). The number of amides is 1. The molecule has 0 saturated carbocycles. The van der Waals surface area contributed by atoms with Gasteiger partial charge < -0.3 is 14.8 Å². The van der Waals surface area contributed by atoms with Crippen molar-refractivity contribution in [3.05, 3.63) is 35.9 Å². The molecule has 0 aromatic heterocycles. The maximum Gasteiger partial charge on any atom is 0.408 e. The summed E-state index contributed by atoms with van der Waals surface area (Å²) < 4.78 is 9.84. The van der Waals surface area contributed by atoms with Crippen molar-refractivity contribution >= 4 is 12.1 Å². The molecule has 0 bridgehead atoms. The summed E-state index contributed by atoms with van der Waals surface area (Å²) in [6.07, 6.45) is -0.309. The quantitative estimate of drug-likeness (QED) is 0.857. The lowest BCUT2D eigenvalue weighted by Gasteiger charge is -2.22. The molecule has 0 aliphatic rings. The molecule has 0 saturated heterocycles. The molecule has 0 fully saturated rings. The zero-order chi connectivity index (χ0) is 15.2. The maximum atomic E-state index is 11.7. The zero-order valence-corrected chi connectivity index (χ0v) is 12.2. The van der Waals surface area contributed by atoms with Gasteiger partial charge in [0.05, 0.1) is 7.11 Å². The third kappa shape index (κ3) is 5.73. The van der Waals surface area contributed by atoms with Gasteiger partial charge in [0.15, 0.2) is 0 Å². The van der Waals surface area contributed by atoms with Crippen molar-refractivity contribution in [2.75, 3.05) is 7.11 Å². The monoisotopic (exact) mass is 278 g/mol. The van der Waals surface area contributed by atoms with Crippen LogP contribution in [0.5, 0.6) is 0 Å². The highest BCUT2D eigenvalue weighted by molar-refractivity contribution is 5.81. The molecular weight excluding hydrogens is 258 g/mol. The average molecular weight is 278 g/mol. The lowest BCUT2D eigenvalue weighted by atomic mass is 10.1. The van der Waals surface area contributed by atoms with Gasteiger partial charge in [0, 0.05) is 6.42 Å². The van der Waals surface area contributed by atoms with Crippen LogP contribution in [0.25, 0.3) is 0 Å². The summed E-state index contributed by atoms with van der Waals surface area (Å²) in [5.41, 5.74) is 0.280. The molecule has 0 aliphatic heterocycles. The first-order chi connectivity index (χ1) is 9.31. The fourth-order valence-electron chi connectivity index (χ4n) is 1.58. The molecule has 109 valence electrons. The van der Waals surface area contributed by atoms with E-state index in [1.54, 1.807) is 32.9 Å². The summed E-state index contributed by atoms with van der Waals surface area (Å²) in [5, 5.41) is 2.53. The maximum absolute atomic E-state index is 11.7. The van der Waals surface area contributed by atoms with Crippen molar-refractivity contribution in [1.29, 1.82) is 0 Å². The first kappa shape index (κ1) is 16.0. The van der Waals surface area contributed by atoms with Crippen molar-refractivity contribution in [3.63, 3.8) is 0 Å². The number of esters is 1. The lowest BCUT2D eigenvalue weighted by molar-refractivity contribution is -0.143. The van der Waals surface area contributed by atoms with Gasteiger partial charge in [-0.05, 0) is 32.4 Å². The van der Waals surface area contributed by atoms with Crippen LogP contribution in [-0.2, 0) is 20.7 Å². The number of hydrogen-bond donors (Lipinski definition) is 1. The number of ether oxygens (including phenoxy) is 2. The van der Waals surface area contributed by atoms with E-state index in [1.807, 2.05) is 12.1 Å². The normalized spacial score (nSPS) is 12.4. The summed E-state index contributed by atoms with van der Waals surface area (Å²) in [4.78, 5) is 23.4. The number of carbonyl (C=O) groups is 2. The third-order valence-electron chi connectivity index (χ3n) is 2.40. The first-order valence-electron chi connectivity index (χ1n) is 6.34. The summed E-state index contributed by atoms with van der Waals surface area (Å²) in [6.45, 7) is 5.27. The Morgan fingerprint density at radius 2 is 1.90 bits per heavy atom. The highest BCUT2D eigenvalue weighted by Gasteiger charge is 2.25. The van der Waals surface area contributed by atoms with Gasteiger partial charge in [-0.15, -0.1) is 0 Å². The SMILES string of the molecule is COC(=O)[C@H](Cc1cc[c]cc1)NC(=O)OC(C)(C)C. The Hall–Kier alpha value is -2.04. The topological polar surface area (TPSA) is 64.6 Å². The van der Waals surface area contributed by atoms with Crippen LogP contribution in [0.2, 0.25) is 0 Å². The van der Waals surface area contributed by atoms with E-state index in [-0.39, 0.29) is 0 Å². The molecule has 1 radical (unpaired) electrons. The largest absolute Gasteiger partial charge is 0.467 e. The second kappa shape index (κ2) is 6.93. The van der Waals surface area contributed by atoms with Gasteiger partial charge >= 0.3 is 12.1 Å². The van der Waals surface area contributed by atoms with Gasteiger partial charge in [0.1, 0.15) is 11.6 Å². The van der Waals surface area contributed by atoms with Crippen LogP contribution < -0.4 is 5.32 Å². The third-order valence-corrected chi connectivity index (χ3v) is 2.40. The van der Waals surface area contributed by atoms with Crippen LogP contribution in [0.3, 0.4) is 0 Å². The van der Waals surface area contributed by atoms with E-state index in [0.29, 0.717) is 6.42 Å². The van der Waals surface area contributed by atoms with Crippen LogP contribution in [-0.4, -0.2) is 30.8 Å². The van der Waals surface area contributed by atoms with Crippen molar-refractivity contribution in [2.45, 2.75) is 38.8 Å². The molecule has 20 heavy (non-hydrogen) atoms. The van der Waals surface area contributed by atoms with Gasteiger partial charge in [-0.3, -0.25) is 0 Å². The van der Waals surface area contributed by atoms with Crippen molar-refractivity contribution in [2.24, 2.45) is 0 Å². The van der Waals surface area contributed by atoms with Gasteiger partial charge in [-0.25, -0.2) is 9.59 Å². The number of nitrogens with one attached hydrogen (secondary N) is 1. The van der Waals surface area contributed by atoms with E-state index in [4.69, 9.17) is 9.47 Å². The zero-order valence-electron chi connectivity index (χ0n) is 12.2. The Morgan fingerprint density at radius 3 is 2.40 bits per heavy atom. The highest BCUT2D eigenvalue weighted by Crippen LogP contribution is 2.09. The summed E-state index contributed by atoms with van der Waals surface area (Å²) >= 11 is 0. The first-order valence-corrected chi connectivity index (χ1v) is 6.34. The summed E-state index contributed by atoms with van der Waals surface area (Å²) in [5.74, 6) is -0.510. The van der Waals surface area contributed by atoms with Gasteiger partial charge in [0.25, 0.3) is 0 Å². The Kier molecular flexibility index (Phi) is 5.55. The van der Waals surface area contributed by atoms with E-state index in [9.17, 15) is 9.59 Å². The molecule has 0 heterocycles. The minimum Gasteiger partial charge on any atom is -0.467 e. The Morgan fingerprint density at radius 1 is 1.30 bits per heavy atom. The molecule has 0 aliphatic carbocycles. The smallest absolute Gasteiger partial charge is 0.408 e. The van der Waals surface area contributed by atoms with Crippen LogP contribution in [0.15, 0.2) is 24.3 Å². The lowest BCUT2D eigenvalue weighted by Crippen LogP contribution is -2.45. The molecule has 0 unspecified atom stereocenters. The molecule has 0 spiro atoms. The standard InChI is InChI=1S/C15H20NO4/c1-15(2,3)20-14(18)16-12(13(17)19-4)10-11-8-6-5-7-9-11/h6-9,12H,10H2,1-4H3,(H,16,18)/t12-/m0/s1. The number of benzene rings is 1. The van der Waals surface area contributed by atoms with Gasteiger partial charge in [-0.2, -0.15) is 0 Å². The molecule has 1 aromatic rings. The molecule has 1 N–H and O–H groups in total. The molecule has 1 atom stereocenters. The Bertz CT molecular complexity index is 451. The number of rotatable bonds is 4. The van der Waals surface area contributed by atoms with E-state index in [2.05, 4.69) is 11.4 Å². The second-order valence-corrected chi connectivity index (χ2v) is 5.33. The minimum absolute atomic E-state index is 0.334. The molecular formula is C15H20NO4. The minimum atomic E-state index is -0.780. The predicted molar refractivity (Wildman–Crippen MR) is 74.2 cm³/mol. The fourth-order valence-corrected chi connectivity index (χ4v) is 1.58. The van der Waals surface area contributed by atoms with Gasteiger partial charge in [-0.1, -0.05) is 24.3 Å².